The Balaban J connectivity index is 2.41. The molecule has 0 amide bonds. The third-order valence-electron chi connectivity index (χ3n) is 2.36. The molecule has 1 aromatic carbocycles. The highest BCUT2D eigenvalue weighted by molar-refractivity contribution is 5.21. The number of benzene rings is 1. The van der Waals surface area contributed by atoms with Crippen LogP contribution in [0.25, 0.3) is 0 Å². The topological polar surface area (TPSA) is 20.2 Å². The van der Waals surface area contributed by atoms with Crippen molar-refractivity contribution >= 4 is 0 Å². The molecular formula is C12H18O. The summed E-state index contributed by atoms with van der Waals surface area (Å²) in [7, 11) is 0. The maximum atomic E-state index is 8.86. The summed E-state index contributed by atoms with van der Waals surface area (Å²) in [5.41, 5.74) is 2.67. The Labute approximate surface area is 80.4 Å². The first-order valence-electron chi connectivity index (χ1n) is 4.88. The molecule has 0 unspecified atom stereocenters. The Morgan fingerprint density at radius 3 is 2.38 bits per heavy atom. The van der Waals surface area contributed by atoms with E-state index < -0.39 is 0 Å². The molecule has 0 aliphatic carbocycles. The summed E-state index contributed by atoms with van der Waals surface area (Å²) in [4.78, 5) is 0. The van der Waals surface area contributed by atoms with Crippen molar-refractivity contribution in [2.24, 2.45) is 5.92 Å². The first-order valence-corrected chi connectivity index (χ1v) is 4.88. The van der Waals surface area contributed by atoms with E-state index in [1.165, 1.54) is 11.1 Å². The molecule has 0 heterocycles. The smallest absolute Gasteiger partial charge is 0.0456 e. The van der Waals surface area contributed by atoms with E-state index in [-0.39, 0.29) is 0 Å². The second-order valence-corrected chi connectivity index (χ2v) is 3.81. The summed E-state index contributed by atoms with van der Waals surface area (Å²) < 4.78 is 0. The summed E-state index contributed by atoms with van der Waals surface area (Å²) in [5.74, 6) is 0.418. The molecule has 1 N–H and O–H groups in total. The van der Waals surface area contributed by atoms with Crippen LogP contribution >= 0.6 is 0 Å². The Morgan fingerprint density at radius 2 is 1.85 bits per heavy atom. The van der Waals surface area contributed by atoms with E-state index in [4.69, 9.17) is 5.11 Å². The van der Waals surface area contributed by atoms with Crippen molar-refractivity contribution in [2.45, 2.75) is 26.7 Å². The predicted octanol–water partition coefficient (Wildman–Crippen LogP) is 2.56. The predicted molar refractivity (Wildman–Crippen MR) is 55.7 cm³/mol. The van der Waals surface area contributed by atoms with Crippen LogP contribution in [-0.4, -0.2) is 11.7 Å². The Bertz CT molecular complexity index is 238. The van der Waals surface area contributed by atoms with Gasteiger partial charge in [-0.05, 0) is 31.2 Å². The summed E-state index contributed by atoms with van der Waals surface area (Å²) in [6, 6.07) is 8.61. The number of hydrogen-bond donors (Lipinski definition) is 1. The van der Waals surface area contributed by atoms with Crippen molar-refractivity contribution < 1.29 is 5.11 Å². The lowest BCUT2D eigenvalue weighted by molar-refractivity contribution is 0.230. The van der Waals surface area contributed by atoms with Crippen LogP contribution in [0.3, 0.4) is 0 Å². The average Bonchev–Trinajstić information content (AvgIpc) is 2.16. The van der Waals surface area contributed by atoms with Crippen LogP contribution in [0.4, 0.5) is 0 Å². The van der Waals surface area contributed by atoms with Gasteiger partial charge in [0.15, 0.2) is 0 Å². The van der Waals surface area contributed by atoms with Gasteiger partial charge in [0.2, 0.25) is 0 Å². The molecular weight excluding hydrogens is 160 g/mol. The monoisotopic (exact) mass is 178 g/mol. The zero-order valence-electron chi connectivity index (χ0n) is 8.46. The third-order valence-corrected chi connectivity index (χ3v) is 2.36. The van der Waals surface area contributed by atoms with Gasteiger partial charge < -0.3 is 5.11 Å². The van der Waals surface area contributed by atoms with Gasteiger partial charge in [0, 0.05) is 6.61 Å². The highest BCUT2D eigenvalue weighted by atomic mass is 16.3. The second kappa shape index (κ2) is 5.03. The van der Waals surface area contributed by atoms with Crippen LogP contribution in [0.5, 0.6) is 0 Å². The van der Waals surface area contributed by atoms with Gasteiger partial charge in [-0.25, -0.2) is 0 Å². The van der Waals surface area contributed by atoms with E-state index in [9.17, 15) is 0 Å². The van der Waals surface area contributed by atoms with E-state index >= 15 is 0 Å². The number of aryl methyl sites for hydroxylation is 2. The minimum absolute atomic E-state index is 0.297. The maximum absolute atomic E-state index is 8.86. The molecule has 72 valence electrons. The van der Waals surface area contributed by atoms with Crippen LogP contribution in [0.2, 0.25) is 0 Å². The minimum atomic E-state index is 0.297. The van der Waals surface area contributed by atoms with Crippen LogP contribution in [-0.2, 0) is 6.42 Å². The fourth-order valence-electron chi connectivity index (χ4n) is 1.26. The first-order chi connectivity index (χ1) is 6.22. The molecule has 1 nitrogen and oxygen atoms in total. The van der Waals surface area contributed by atoms with Crippen molar-refractivity contribution in [1.82, 2.24) is 0 Å². The van der Waals surface area contributed by atoms with Crippen LogP contribution in [0, 0.1) is 12.8 Å². The molecule has 0 saturated carbocycles. The van der Waals surface area contributed by atoms with Crippen molar-refractivity contribution in [1.29, 1.82) is 0 Å². The highest BCUT2D eigenvalue weighted by Crippen LogP contribution is 2.09. The Hall–Kier alpha value is -0.820. The van der Waals surface area contributed by atoms with Gasteiger partial charge in [0.25, 0.3) is 0 Å². The van der Waals surface area contributed by atoms with E-state index in [2.05, 4.69) is 38.1 Å². The molecule has 13 heavy (non-hydrogen) atoms. The molecule has 1 aromatic rings. The van der Waals surface area contributed by atoms with Crippen LogP contribution in [0.1, 0.15) is 24.5 Å². The largest absolute Gasteiger partial charge is 0.396 e. The zero-order valence-corrected chi connectivity index (χ0v) is 8.46. The standard InChI is InChI=1S/C12H18O/c1-10-3-6-12(7-4-10)8-5-11(2)9-13/h3-4,6-7,11,13H,5,8-9H2,1-2H3/t11-/m0/s1. The summed E-state index contributed by atoms with van der Waals surface area (Å²) in [6.07, 6.45) is 2.14. The SMILES string of the molecule is Cc1ccc(CC[C@H](C)CO)cc1. The Kier molecular flexibility index (Phi) is 3.97. The average molecular weight is 178 g/mol. The van der Waals surface area contributed by atoms with Gasteiger partial charge >= 0.3 is 0 Å². The molecule has 0 aliphatic heterocycles. The van der Waals surface area contributed by atoms with Gasteiger partial charge in [0.1, 0.15) is 0 Å². The van der Waals surface area contributed by atoms with Gasteiger partial charge in [-0.2, -0.15) is 0 Å². The van der Waals surface area contributed by atoms with E-state index in [1.807, 2.05) is 0 Å². The molecule has 0 spiro atoms. The number of aliphatic hydroxyl groups is 1. The van der Waals surface area contributed by atoms with Gasteiger partial charge in [-0.1, -0.05) is 36.8 Å². The van der Waals surface area contributed by atoms with Crippen molar-refractivity contribution in [3.05, 3.63) is 35.4 Å². The second-order valence-electron chi connectivity index (χ2n) is 3.81. The van der Waals surface area contributed by atoms with Crippen molar-refractivity contribution in [2.75, 3.05) is 6.61 Å². The van der Waals surface area contributed by atoms with Gasteiger partial charge in [0.05, 0.1) is 0 Å². The van der Waals surface area contributed by atoms with Gasteiger partial charge in [-0.15, -0.1) is 0 Å². The van der Waals surface area contributed by atoms with E-state index in [0.29, 0.717) is 12.5 Å². The Morgan fingerprint density at radius 1 is 1.23 bits per heavy atom. The van der Waals surface area contributed by atoms with Gasteiger partial charge in [-0.3, -0.25) is 0 Å². The zero-order chi connectivity index (χ0) is 9.68. The van der Waals surface area contributed by atoms with E-state index in [1.54, 1.807) is 0 Å². The molecule has 1 rings (SSSR count). The summed E-state index contributed by atoms with van der Waals surface area (Å²) in [6.45, 7) is 4.47. The van der Waals surface area contributed by atoms with Crippen molar-refractivity contribution in [3.8, 4) is 0 Å². The quantitative estimate of drug-likeness (QED) is 0.751. The molecule has 1 heteroatoms. The maximum Gasteiger partial charge on any atom is 0.0456 e. The fourth-order valence-corrected chi connectivity index (χ4v) is 1.26. The summed E-state index contributed by atoms with van der Waals surface area (Å²) in [5, 5.41) is 8.86. The fraction of sp³-hybridized carbons (Fsp3) is 0.500. The lowest BCUT2D eigenvalue weighted by Gasteiger charge is -2.07. The number of rotatable bonds is 4. The summed E-state index contributed by atoms with van der Waals surface area (Å²) >= 11 is 0. The lowest BCUT2D eigenvalue weighted by Crippen LogP contribution is -2.01. The molecule has 0 aromatic heterocycles. The third kappa shape index (κ3) is 3.60. The molecule has 0 fully saturated rings. The molecule has 1 atom stereocenters. The van der Waals surface area contributed by atoms with Crippen LogP contribution in [0.15, 0.2) is 24.3 Å². The molecule has 0 saturated heterocycles. The van der Waals surface area contributed by atoms with Crippen LogP contribution < -0.4 is 0 Å². The normalized spacial score (nSPS) is 12.8. The first kappa shape index (κ1) is 10.3. The number of hydrogen-bond acceptors (Lipinski definition) is 1. The minimum Gasteiger partial charge on any atom is -0.396 e. The van der Waals surface area contributed by atoms with Crippen molar-refractivity contribution in [3.63, 3.8) is 0 Å². The molecule has 0 radical (unpaired) electrons. The number of aliphatic hydroxyl groups excluding tert-OH is 1. The highest BCUT2D eigenvalue weighted by Gasteiger charge is 2.00. The lowest BCUT2D eigenvalue weighted by atomic mass is 10.0. The van der Waals surface area contributed by atoms with E-state index in [0.717, 1.165) is 12.8 Å². The molecule has 0 aliphatic rings. The molecule has 0 bridgehead atoms.